The number of nitrogens with zero attached hydrogens (tertiary/aromatic N) is 1. The predicted octanol–water partition coefficient (Wildman–Crippen LogP) is 2.92. The molecule has 3 rings (SSSR count). The van der Waals surface area contributed by atoms with E-state index >= 15 is 0 Å². The molecule has 1 aliphatic heterocycles. The standard InChI is InChI=1S/C20H22FNO5S/c1-3-26-18-10-5-14(11-19(18)27-4-2)20(23)22-12-17(13-22)28(24,25)16-8-6-15(21)7-9-16/h5-11,17H,3-4,12-13H2,1-2H3. The molecule has 0 bridgehead atoms. The monoisotopic (exact) mass is 407 g/mol. The van der Waals surface area contributed by atoms with Crippen LogP contribution in [0.15, 0.2) is 47.4 Å². The summed E-state index contributed by atoms with van der Waals surface area (Å²) in [5, 5.41) is -0.698. The number of halogens is 1. The van der Waals surface area contributed by atoms with Crippen molar-refractivity contribution < 1.29 is 27.1 Å². The Balaban J connectivity index is 1.71. The minimum absolute atomic E-state index is 0.0608. The van der Waals surface area contributed by atoms with Crippen LogP contribution in [0.4, 0.5) is 4.39 Å². The van der Waals surface area contributed by atoms with Crippen molar-refractivity contribution in [2.45, 2.75) is 24.0 Å². The maximum Gasteiger partial charge on any atom is 0.254 e. The van der Waals surface area contributed by atoms with Crippen molar-refractivity contribution in [2.24, 2.45) is 0 Å². The van der Waals surface area contributed by atoms with Crippen molar-refractivity contribution in [3.63, 3.8) is 0 Å². The molecule has 0 N–H and O–H groups in total. The van der Waals surface area contributed by atoms with E-state index in [9.17, 15) is 17.6 Å². The first-order valence-corrected chi connectivity index (χ1v) is 10.6. The molecule has 0 saturated carbocycles. The number of amides is 1. The average Bonchev–Trinajstić information content (AvgIpc) is 2.62. The Bertz CT molecular complexity index is 953. The fourth-order valence-corrected chi connectivity index (χ4v) is 4.64. The number of rotatable bonds is 7. The highest BCUT2D eigenvalue weighted by Crippen LogP contribution is 2.31. The molecule has 0 atom stereocenters. The van der Waals surface area contributed by atoms with Gasteiger partial charge in [0.05, 0.1) is 18.1 Å². The first kappa shape index (κ1) is 20.1. The third-order valence-corrected chi connectivity index (χ3v) is 6.61. The van der Waals surface area contributed by atoms with Crippen molar-refractivity contribution in [2.75, 3.05) is 26.3 Å². The summed E-state index contributed by atoms with van der Waals surface area (Å²) in [6, 6.07) is 9.64. The van der Waals surface area contributed by atoms with Gasteiger partial charge in [-0.15, -0.1) is 0 Å². The molecule has 0 radical (unpaired) electrons. The van der Waals surface area contributed by atoms with Gasteiger partial charge in [0.25, 0.3) is 5.91 Å². The first-order valence-electron chi connectivity index (χ1n) is 9.05. The van der Waals surface area contributed by atoms with E-state index in [0.29, 0.717) is 30.3 Å². The van der Waals surface area contributed by atoms with E-state index in [0.717, 1.165) is 12.1 Å². The molecule has 8 heteroatoms. The molecule has 1 heterocycles. The Hall–Kier alpha value is -2.61. The highest BCUT2D eigenvalue weighted by molar-refractivity contribution is 7.92. The van der Waals surface area contributed by atoms with Gasteiger partial charge in [-0.3, -0.25) is 4.79 Å². The Labute approximate surface area is 163 Å². The van der Waals surface area contributed by atoms with Crippen LogP contribution in [-0.2, 0) is 9.84 Å². The van der Waals surface area contributed by atoms with Gasteiger partial charge in [-0.05, 0) is 56.3 Å². The van der Waals surface area contributed by atoms with Gasteiger partial charge >= 0.3 is 0 Å². The number of carbonyl (C=O) groups is 1. The lowest BCUT2D eigenvalue weighted by atomic mass is 10.1. The summed E-state index contributed by atoms with van der Waals surface area (Å²) in [7, 11) is -3.60. The van der Waals surface area contributed by atoms with E-state index < -0.39 is 20.9 Å². The molecule has 28 heavy (non-hydrogen) atoms. The molecule has 1 fully saturated rings. The zero-order chi connectivity index (χ0) is 20.3. The first-order chi connectivity index (χ1) is 13.4. The van der Waals surface area contributed by atoms with Crippen molar-refractivity contribution in [1.82, 2.24) is 4.90 Å². The number of sulfone groups is 1. The van der Waals surface area contributed by atoms with Crippen LogP contribution in [0, 0.1) is 5.82 Å². The number of hydrogen-bond acceptors (Lipinski definition) is 5. The Morgan fingerprint density at radius 2 is 1.64 bits per heavy atom. The molecule has 2 aromatic rings. The minimum Gasteiger partial charge on any atom is -0.490 e. The fraction of sp³-hybridized carbons (Fsp3) is 0.350. The molecule has 0 spiro atoms. The van der Waals surface area contributed by atoms with Gasteiger partial charge in [0, 0.05) is 18.7 Å². The fourth-order valence-electron chi connectivity index (χ4n) is 2.98. The van der Waals surface area contributed by atoms with Crippen molar-refractivity contribution in [3.8, 4) is 11.5 Å². The second-order valence-corrected chi connectivity index (χ2v) is 8.59. The maximum absolute atomic E-state index is 13.0. The van der Waals surface area contributed by atoms with Crippen LogP contribution in [0.1, 0.15) is 24.2 Å². The number of ether oxygens (including phenoxy) is 2. The normalized spacial score (nSPS) is 14.5. The van der Waals surface area contributed by atoms with E-state index in [-0.39, 0.29) is 23.9 Å². The topological polar surface area (TPSA) is 72.9 Å². The van der Waals surface area contributed by atoms with Gasteiger partial charge in [0.15, 0.2) is 21.3 Å². The van der Waals surface area contributed by atoms with Crippen molar-refractivity contribution in [3.05, 3.63) is 53.8 Å². The SMILES string of the molecule is CCOc1ccc(C(=O)N2CC(S(=O)(=O)c3ccc(F)cc3)C2)cc1OCC. The van der Waals surface area contributed by atoms with Gasteiger partial charge < -0.3 is 14.4 Å². The van der Waals surface area contributed by atoms with E-state index in [2.05, 4.69) is 0 Å². The second kappa shape index (κ2) is 8.18. The van der Waals surface area contributed by atoms with E-state index in [1.54, 1.807) is 18.2 Å². The van der Waals surface area contributed by atoms with Crippen LogP contribution in [0.5, 0.6) is 11.5 Å². The smallest absolute Gasteiger partial charge is 0.254 e. The molecule has 1 amide bonds. The molecule has 1 aliphatic rings. The third-order valence-electron chi connectivity index (χ3n) is 4.51. The molecular weight excluding hydrogens is 385 g/mol. The largest absolute Gasteiger partial charge is 0.490 e. The maximum atomic E-state index is 13.0. The highest BCUT2D eigenvalue weighted by atomic mass is 32.2. The summed E-state index contributed by atoms with van der Waals surface area (Å²) in [6.07, 6.45) is 0. The van der Waals surface area contributed by atoms with Crippen molar-refractivity contribution in [1.29, 1.82) is 0 Å². The number of benzene rings is 2. The Kier molecular flexibility index (Phi) is 5.88. The highest BCUT2D eigenvalue weighted by Gasteiger charge is 2.40. The zero-order valence-corrected chi connectivity index (χ0v) is 16.5. The summed E-state index contributed by atoms with van der Waals surface area (Å²) < 4.78 is 49.2. The van der Waals surface area contributed by atoms with Gasteiger partial charge in [-0.1, -0.05) is 0 Å². The molecule has 0 aromatic heterocycles. The van der Waals surface area contributed by atoms with E-state index in [1.807, 2.05) is 13.8 Å². The minimum atomic E-state index is -3.60. The lowest BCUT2D eigenvalue weighted by molar-refractivity contribution is 0.0658. The van der Waals surface area contributed by atoms with Gasteiger partial charge in [0.2, 0.25) is 0 Å². The zero-order valence-electron chi connectivity index (χ0n) is 15.7. The summed E-state index contributed by atoms with van der Waals surface area (Å²) in [4.78, 5) is 14.2. The Morgan fingerprint density at radius 1 is 1.04 bits per heavy atom. The number of hydrogen-bond donors (Lipinski definition) is 0. The molecule has 1 saturated heterocycles. The lowest BCUT2D eigenvalue weighted by Crippen LogP contribution is -2.56. The van der Waals surface area contributed by atoms with Gasteiger partial charge in [0.1, 0.15) is 11.1 Å². The molecule has 2 aromatic carbocycles. The summed E-state index contributed by atoms with van der Waals surface area (Å²) in [5.41, 5.74) is 0.407. The molecule has 150 valence electrons. The van der Waals surface area contributed by atoms with Crippen LogP contribution in [0.25, 0.3) is 0 Å². The van der Waals surface area contributed by atoms with Crippen LogP contribution < -0.4 is 9.47 Å². The average molecular weight is 407 g/mol. The number of likely N-dealkylation sites (tertiary alicyclic amines) is 1. The van der Waals surface area contributed by atoms with Crippen LogP contribution in [-0.4, -0.2) is 50.8 Å². The molecule has 0 unspecified atom stereocenters. The summed E-state index contributed by atoms with van der Waals surface area (Å²) in [6.45, 7) is 4.79. The molecule has 0 aliphatic carbocycles. The predicted molar refractivity (Wildman–Crippen MR) is 102 cm³/mol. The van der Waals surface area contributed by atoms with E-state index in [1.165, 1.54) is 17.0 Å². The van der Waals surface area contributed by atoms with Crippen LogP contribution in [0.2, 0.25) is 0 Å². The molecule has 6 nitrogen and oxygen atoms in total. The lowest BCUT2D eigenvalue weighted by Gasteiger charge is -2.38. The number of carbonyl (C=O) groups excluding carboxylic acids is 1. The Morgan fingerprint density at radius 3 is 2.25 bits per heavy atom. The van der Waals surface area contributed by atoms with Gasteiger partial charge in [-0.2, -0.15) is 0 Å². The third kappa shape index (κ3) is 3.96. The summed E-state index contributed by atoms with van der Waals surface area (Å²) in [5.74, 6) is 0.270. The van der Waals surface area contributed by atoms with Gasteiger partial charge in [-0.25, -0.2) is 12.8 Å². The summed E-state index contributed by atoms with van der Waals surface area (Å²) >= 11 is 0. The van der Waals surface area contributed by atoms with E-state index in [4.69, 9.17) is 9.47 Å². The molecular formula is C20H22FNO5S. The quantitative estimate of drug-likeness (QED) is 0.660. The van der Waals surface area contributed by atoms with Crippen molar-refractivity contribution >= 4 is 15.7 Å². The van der Waals surface area contributed by atoms with Crippen LogP contribution in [0.3, 0.4) is 0 Å². The van der Waals surface area contributed by atoms with Crippen LogP contribution >= 0.6 is 0 Å². The second-order valence-electron chi connectivity index (χ2n) is 6.36.